The summed E-state index contributed by atoms with van der Waals surface area (Å²) in [4.78, 5) is 4.26. The summed E-state index contributed by atoms with van der Waals surface area (Å²) in [5, 5.41) is 7.60. The third-order valence-electron chi connectivity index (χ3n) is 2.83. The van der Waals surface area contributed by atoms with Crippen LogP contribution in [0, 0.1) is 5.92 Å². The fraction of sp³-hybridized carbons (Fsp3) is 0.833. The molecule has 2 unspecified atom stereocenters. The third kappa shape index (κ3) is 4.31. The summed E-state index contributed by atoms with van der Waals surface area (Å²) in [5.41, 5.74) is 0. The van der Waals surface area contributed by atoms with Gasteiger partial charge in [0.05, 0.1) is 0 Å². The molecule has 0 saturated heterocycles. The second-order valence-corrected chi connectivity index (χ2v) is 4.70. The van der Waals surface area contributed by atoms with Crippen LogP contribution < -0.4 is 5.32 Å². The number of hydrogen-bond acceptors (Lipinski definition) is 3. The maximum Gasteiger partial charge on any atom is 0.138 e. The second kappa shape index (κ2) is 6.63. The molecule has 0 radical (unpaired) electrons. The Bertz CT molecular complexity index is 295. The summed E-state index contributed by atoms with van der Waals surface area (Å²) in [7, 11) is 1.95. The number of aromatic nitrogens is 3. The van der Waals surface area contributed by atoms with Gasteiger partial charge >= 0.3 is 0 Å². The Morgan fingerprint density at radius 1 is 1.44 bits per heavy atom. The van der Waals surface area contributed by atoms with Gasteiger partial charge in [0.2, 0.25) is 0 Å². The van der Waals surface area contributed by atoms with Crippen LogP contribution in [0.1, 0.15) is 39.4 Å². The summed E-state index contributed by atoms with van der Waals surface area (Å²) in [5.74, 6) is 1.72. The van der Waals surface area contributed by atoms with E-state index in [-0.39, 0.29) is 0 Å². The Morgan fingerprint density at radius 3 is 2.75 bits per heavy atom. The number of aryl methyl sites for hydroxylation is 1. The summed E-state index contributed by atoms with van der Waals surface area (Å²) >= 11 is 0. The minimum atomic E-state index is 0.586. The zero-order valence-electron chi connectivity index (χ0n) is 10.9. The van der Waals surface area contributed by atoms with Crippen LogP contribution in [-0.2, 0) is 13.5 Å². The predicted octanol–water partition coefficient (Wildman–Crippen LogP) is 1.77. The van der Waals surface area contributed by atoms with Crippen molar-refractivity contribution in [1.82, 2.24) is 20.1 Å². The maximum absolute atomic E-state index is 4.26. The topological polar surface area (TPSA) is 42.7 Å². The van der Waals surface area contributed by atoms with Gasteiger partial charge in [-0.2, -0.15) is 5.10 Å². The van der Waals surface area contributed by atoms with Crippen LogP contribution in [0.5, 0.6) is 0 Å². The standard InChI is InChI=1S/C12H24N4/c1-5-6-13-11(3)7-10(2)8-12-14-9-15-16(12)4/h9-11,13H,5-8H2,1-4H3. The molecule has 1 heterocycles. The van der Waals surface area contributed by atoms with Crippen LogP contribution in [0.15, 0.2) is 6.33 Å². The van der Waals surface area contributed by atoms with E-state index in [4.69, 9.17) is 0 Å². The Hall–Kier alpha value is -0.900. The molecule has 0 saturated carbocycles. The highest BCUT2D eigenvalue weighted by molar-refractivity contribution is 4.86. The van der Waals surface area contributed by atoms with Crippen molar-refractivity contribution in [2.24, 2.45) is 13.0 Å². The van der Waals surface area contributed by atoms with Crippen LogP contribution in [-0.4, -0.2) is 27.4 Å². The zero-order valence-corrected chi connectivity index (χ0v) is 10.9. The lowest BCUT2D eigenvalue weighted by atomic mass is 9.99. The van der Waals surface area contributed by atoms with E-state index in [0.29, 0.717) is 12.0 Å². The van der Waals surface area contributed by atoms with Crippen molar-refractivity contribution in [3.05, 3.63) is 12.2 Å². The molecule has 0 aromatic carbocycles. The maximum atomic E-state index is 4.26. The van der Waals surface area contributed by atoms with E-state index in [0.717, 1.165) is 18.8 Å². The Balaban J connectivity index is 2.30. The molecule has 1 aromatic heterocycles. The van der Waals surface area contributed by atoms with Gasteiger partial charge in [-0.15, -0.1) is 0 Å². The van der Waals surface area contributed by atoms with Gasteiger partial charge in [0.15, 0.2) is 0 Å². The van der Waals surface area contributed by atoms with Gasteiger partial charge in [-0.1, -0.05) is 13.8 Å². The van der Waals surface area contributed by atoms with Crippen LogP contribution in [0.25, 0.3) is 0 Å². The van der Waals surface area contributed by atoms with Gasteiger partial charge < -0.3 is 5.32 Å². The van der Waals surface area contributed by atoms with Gasteiger partial charge in [0.25, 0.3) is 0 Å². The highest BCUT2D eigenvalue weighted by Gasteiger charge is 2.11. The fourth-order valence-corrected chi connectivity index (χ4v) is 1.98. The average Bonchev–Trinajstić information content (AvgIpc) is 2.61. The molecule has 1 aromatic rings. The Kier molecular flexibility index (Phi) is 5.46. The molecular weight excluding hydrogens is 200 g/mol. The first kappa shape index (κ1) is 13.2. The molecule has 0 bridgehead atoms. The minimum Gasteiger partial charge on any atom is -0.314 e. The second-order valence-electron chi connectivity index (χ2n) is 4.70. The first-order valence-corrected chi connectivity index (χ1v) is 6.19. The lowest BCUT2D eigenvalue weighted by Gasteiger charge is -2.17. The molecule has 0 fully saturated rings. The summed E-state index contributed by atoms with van der Waals surface area (Å²) in [6.07, 6.45) is 5.02. The largest absolute Gasteiger partial charge is 0.314 e. The van der Waals surface area contributed by atoms with Crippen LogP contribution in [0.4, 0.5) is 0 Å². The van der Waals surface area contributed by atoms with E-state index in [9.17, 15) is 0 Å². The lowest BCUT2D eigenvalue weighted by molar-refractivity contribution is 0.410. The number of nitrogens with zero attached hydrogens (tertiary/aromatic N) is 3. The molecule has 0 amide bonds. The zero-order chi connectivity index (χ0) is 12.0. The molecule has 1 rings (SSSR count). The van der Waals surface area contributed by atoms with Crippen molar-refractivity contribution in [3.63, 3.8) is 0 Å². The van der Waals surface area contributed by atoms with Crippen molar-refractivity contribution >= 4 is 0 Å². The Labute approximate surface area is 98.5 Å². The fourth-order valence-electron chi connectivity index (χ4n) is 1.98. The summed E-state index contributed by atoms with van der Waals surface area (Å²) < 4.78 is 1.86. The van der Waals surface area contributed by atoms with Gasteiger partial charge in [0.1, 0.15) is 12.2 Å². The number of rotatable bonds is 7. The smallest absolute Gasteiger partial charge is 0.138 e. The van der Waals surface area contributed by atoms with Gasteiger partial charge in [0, 0.05) is 19.5 Å². The molecule has 16 heavy (non-hydrogen) atoms. The minimum absolute atomic E-state index is 0.586. The molecular formula is C12H24N4. The third-order valence-corrected chi connectivity index (χ3v) is 2.83. The quantitative estimate of drug-likeness (QED) is 0.767. The lowest BCUT2D eigenvalue weighted by Crippen LogP contribution is -2.29. The SMILES string of the molecule is CCCNC(C)CC(C)Cc1ncnn1C. The number of nitrogens with one attached hydrogen (secondary N) is 1. The van der Waals surface area contributed by atoms with Crippen molar-refractivity contribution < 1.29 is 0 Å². The normalized spacial score (nSPS) is 15.0. The van der Waals surface area contributed by atoms with Crippen LogP contribution in [0.2, 0.25) is 0 Å². The molecule has 0 aliphatic heterocycles. The van der Waals surface area contributed by atoms with Crippen molar-refractivity contribution in [2.45, 2.75) is 46.1 Å². The van der Waals surface area contributed by atoms with Crippen LogP contribution in [0.3, 0.4) is 0 Å². The van der Waals surface area contributed by atoms with E-state index >= 15 is 0 Å². The molecule has 0 spiro atoms. The average molecular weight is 224 g/mol. The monoisotopic (exact) mass is 224 g/mol. The van der Waals surface area contributed by atoms with E-state index in [2.05, 4.69) is 36.2 Å². The van der Waals surface area contributed by atoms with Gasteiger partial charge in [-0.25, -0.2) is 4.98 Å². The van der Waals surface area contributed by atoms with Crippen LogP contribution >= 0.6 is 0 Å². The molecule has 2 atom stereocenters. The van der Waals surface area contributed by atoms with Crippen molar-refractivity contribution in [3.8, 4) is 0 Å². The van der Waals surface area contributed by atoms with E-state index < -0.39 is 0 Å². The molecule has 0 aliphatic carbocycles. The van der Waals surface area contributed by atoms with Crippen molar-refractivity contribution in [2.75, 3.05) is 6.54 Å². The molecule has 92 valence electrons. The van der Waals surface area contributed by atoms with Gasteiger partial charge in [-0.05, 0) is 32.2 Å². The molecule has 0 aliphatic rings. The van der Waals surface area contributed by atoms with Crippen molar-refractivity contribution in [1.29, 1.82) is 0 Å². The summed E-state index contributed by atoms with van der Waals surface area (Å²) in [6.45, 7) is 7.84. The highest BCUT2D eigenvalue weighted by Crippen LogP contribution is 2.11. The summed E-state index contributed by atoms with van der Waals surface area (Å²) in [6, 6.07) is 0.586. The number of hydrogen-bond donors (Lipinski definition) is 1. The predicted molar refractivity (Wildman–Crippen MR) is 66.2 cm³/mol. The highest BCUT2D eigenvalue weighted by atomic mass is 15.3. The molecule has 1 N–H and O–H groups in total. The first-order chi connectivity index (χ1) is 7.63. The van der Waals surface area contributed by atoms with E-state index in [1.165, 1.54) is 12.8 Å². The molecule has 4 heteroatoms. The van der Waals surface area contributed by atoms with Gasteiger partial charge in [-0.3, -0.25) is 4.68 Å². The first-order valence-electron chi connectivity index (χ1n) is 6.19. The van der Waals surface area contributed by atoms with E-state index in [1.807, 2.05) is 11.7 Å². The Morgan fingerprint density at radius 2 is 2.19 bits per heavy atom. The molecule has 4 nitrogen and oxygen atoms in total. The van der Waals surface area contributed by atoms with E-state index in [1.54, 1.807) is 6.33 Å².